The van der Waals surface area contributed by atoms with E-state index in [1.165, 1.54) is 53.6 Å². The molecule has 0 spiro atoms. The molecule has 4 aromatic carbocycles. The zero-order chi connectivity index (χ0) is 26.0. The van der Waals surface area contributed by atoms with Gasteiger partial charge in [0.15, 0.2) is 0 Å². The van der Waals surface area contributed by atoms with Gasteiger partial charge in [-0.3, -0.25) is 0 Å². The van der Waals surface area contributed by atoms with Crippen molar-refractivity contribution in [2.75, 3.05) is 6.54 Å². The Morgan fingerprint density at radius 2 is 1.59 bits per heavy atom. The summed E-state index contributed by atoms with van der Waals surface area (Å²) in [5.41, 5.74) is 8.59. The molecule has 2 N–H and O–H groups in total. The fraction of sp³-hybridized carbons (Fsp3) is 0.0556. The Balaban J connectivity index is 1.38. The molecule has 188 valence electrons. The van der Waals surface area contributed by atoms with Crippen LogP contribution in [0.1, 0.15) is 33.9 Å². The van der Waals surface area contributed by atoms with Gasteiger partial charge in [-0.2, -0.15) is 0 Å². The first-order valence-corrected chi connectivity index (χ1v) is 14.2. The highest BCUT2D eigenvalue weighted by Crippen LogP contribution is 2.41. The third kappa shape index (κ3) is 4.52. The topological polar surface area (TPSA) is 24.1 Å². The minimum atomic E-state index is 0.0599. The molecule has 1 aromatic heterocycles. The van der Waals surface area contributed by atoms with Crippen molar-refractivity contribution in [3.63, 3.8) is 0 Å². The molecular formula is C36H28N2S. The lowest BCUT2D eigenvalue weighted by Gasteiger charge is -2.22. The fourth-order valence-electron chi connectivity index (χ4n) is 5.52. The third-order valence-corrected chi connectivity index (χ3v) is 8.64. The highest BCUT2D eigenvalue weighted by atomic mass is 32.1. The average Bonchev–Trinajstić information content (AvgIpc) is 3.39. The molecule has 0 fully saturated rings. The van der Waals surface area contributed by atoms with Crippen molar-refractivity contribution in [3.8, 4) is 0 Å². The first kappa shape index (κ1) is 23.5. The van der Waals surface area contributed by atoms with Crippen molar-refractivity contribution in [3.05, 3.63) is 155 Å². The number of hydrogen-bond acceptors (Lipinski definition) is 3. The van der Waals surface area contributed by atoms with E-state index in [1.807, 2.05) is 11.3 Å². The highest BCUT2D eigenvalue weighted by Gasteiger charge is 2.20. The van der Waals surface area contributed by atoms with Crippen molar-refractivity contribution in [2.45, 2.75) is 6.04 Å². The van der Waals surface area contributed by atoms with Crippen LogP contribution in [0.15, 0.2) is 128 Å². The lowest BCUT2D eigenvalue weighted by molar-refractivity contribution is 0.755. The highest BCUT2D eigenvalue weighted by molar-refractivity contribution is 7.26. The second-order valence-electron chi connectivity index (χ2n) is 9.82. The molecule has 0 aliphatic carbocycles. The summed E-state index contributed by atoms with van der Waals surface area (Å²) < 4.78 is 2.66. The van der Waals surface area contributed by atoms with Gasteiger partial charge in [-0.05, 0) is 52.8 Å². The maximum absolute atomic E-state index is 3.66. The van der Waals surface area contributed by atoms with E-state index in [2.05, 4.69) is 150 Å². The second kappa shape index (κ2) is 10.3. The van der Waals surface area contributed by atoms with E-state index in [-0.39, 0.29) is 6.04 Å². The molecule has 5 aromatic rings. The van der Waals surface area contributed by atoms with Gasteiger partial charge in [-0.1, -0.05) is 109 Å². The molecule has 7 rings (SSSR count). The van der Waals surface area contributed by atoms with E-state index in [4.69, 9.17) is 0 Å². The third-order valence-electron chi connectivity index (χ3n) is 7.42. The van der Waals surface area contributed by atoms with Gasteiger partial charge in [0.05, 0.1) is 6.04 Å². The van der Waals surface area contributed by atoms with Crippen LogP contribution in [0.3, 0.4) is 0 Å². The van der Waals surface area contributed by atoms with Crippen LogP contribution in [-0.4, -0.2) is 6.54 Å². The predicted octanol–water partition coefficient (Wildman–Crippen LogP) is 8.97. The van der Waals surface area contributed by atoms with Crippen molar-refractivity contribution >= 4 is 54.9 Å². The van der Waals surface area contributed by atoms with Crippen LogP contribution in [0, 0.1) is 0 Å². The second-order valence-corrected chi connectivity index (χ2v) is 10.9. The molecular weight excluding hydrogens is 492 g/mol. The molecule has 0 radical (unpaired) electrons. The molecule has 2 nitrogen and oxygen atoms in total. The Kier molecular flexibility index (Phi) is 6.20. The molecule has 2 aliphatic heterocycles. The monoisotopic (exact) mass is 520 g/mol. The Morgan fingerprint density at radius 1 is 0.769 bits per heavy atom. The van der Waals surface area contributed by atoms with E-state index < -0.39 is 0 Å². The largest absolute Gasteiger partial charge is 0.381 e. The summed E-state index contributed by atoms with van der Waals surface area (Å²) in [6, 6.07) is 32.6. The molecule has 0 saturated heterocycles. The minimum absolute atomic E-state index is 0.0599. The van der Waals surface area contributed by atoms with Crippen LogP contribution in [0.2, 0.25) is 0 Å². The normalized spacial score (nSPS) is 16.8. The van der Waals surface area contributed by atoms with Crippen LogP contribution in [0.4, 0.5) is 0 Å². The van der Waals surface area contributed by atoms with E-state index in [9.17, 15) is 0 Å². The van der Waals surface area contributed by atoms with Gasteiger partial charge in [0.1, 0.15) is 0 Å². The summed E-state index contributed by atoms with van der Waals surface area (Å²) in [7, 11) is 0. The van der Waals surface area contributed by atoms with Crippen LogP contribution in [0.5, 0.6) is 0 Å². The van der Waals surface area contributed by atoms with Crippen molar-refractivity contribution < 1.29 is 0 Å². The molecule has 3 heteroatoms. The zero-order valence-corrected chi connectivity index (χ0v) is 22.3. The molecule has 0 amide bonds. The van der Waals surface area contributed by atoms with E-state index in [0.717, 1.165) is 12.2 Å². The Labute approximate surface area is 233 Å². The maximum Gasteiger partial charge on any atom is 0.0721 e. The van der Waals surface area contributed by atoms with Crippen LogP contribution >= 0.6 is 11.3 Å². The van der Waals surface area contributed by atoms with Crippen LogP contribution in [0.25, 0.3) is 43.6 Å². The Hall–Kier alpha value is -4.60. The van der Waals surface area contributed by atoms with Gasteiger partial charge in [-0.25, -0.2) is 0 Å². The first-order valence-electron chi connectivity index (χ1n) is 13.4. The lowest BCUT2D eigenvalue weighted by Crippen LogP contribution is -2.17. The summed E-state index contributed by atoms with van der Waals surface area (Å²) in [6.07, 6.45) is 17.6. The molecule has 3 heterocycles. The van der Waals surface area contributed by atoms with Crippen LogP contribution < -0.4 is 10.6 Å². The summed E-state index contributed by atoms with van der Waals surface area (Å²) in [4.78, 5) is 0. The Morgan fingerprint density at radius 3 is 2.49 bits per heavy atom. The van der Waals surface area contributed by atoms with E-state index >= 15 is 0 Å². The number of thiophene rings is 1. The SMILES string of the molecule is C1=CCNC(c2ccccc2/C=C/c2ccc3c(sc4ccccc43)c2C2C=C(c3ccccc3)C=CN2)=C1. The predicted molar refractivity (Wildman–Crippen MR) is 169 cm³/mol. The number of allylic oxidation sites excluding steroid dienone is 4. The zero-order valence-electron chi connectivity index (χ0n) is 21.5. The van der Waals surface area contributed by atoms with Gasteiger partial charge >= 0.3 is 0 Å². The Bertz CT molecular complexity index is 1830. The van der Waals surface area contributed by atoms with Crippen molar-refractivity contribution in [2.24, 2.45) is 0 Å². The molecule has 0 saturated carbocycles. The standard InChI is InChI=1S/C36H28N2S/c1-2-10-25(11-3-1)28-21-23-38-33(24-28)35-27(19-20-31-30-14-6-7-16-34(30)39-36(31)35)18-17-26-12-4-5-13-29(26)32-15-8-9-22-37-32/h1-21,23-24,33,37-38H,22H2/b18-17+. The van der Waals surface area contributed by atoms with Gasteiger partial charge in [-0.15, -0.1) is 11.3 Å². The quantitative estimate of drug-likeness (QED) is 0.226. The van der Waals surface area contributed by atoms with Crippen LogP contribution in [-0.2, 0) is 0 Å². The van der Waals surface area contributed by atoms with E-state index in [1.54, 1.807) is 0 Å². The van der Waals surface area contributed by atoms with Gasteiger partial charge in [0.25, 0.3) is 0 Å². The maximum atomic E-state index is 3.66. The summed E-state index contributed by atoms with van der Waals surface area (Å²) in [5, 5.41) is 9.81. The van der Waals surface area contributed by atoms with Gasteiger partial charge in [0, 0.05) is 43.5 Å². The van der Waals surface area contributed by atoms with Gasteiger partial charge < -0.3 is 10.6 Å². The number of benzene rings is 4. The van der Waals surface area contributed by atoms with Gasteiger partial charge in [0.2, 0.25) is 0 Å². The number of rotatable bonds is 5. The lowest BCUT2D eigenvalue weighted by atomic mass is 9.92. The average molecular weight is 521 g/mol. The molecule has 39 heavy (non-hydrogen) atoms. The number of hydrogen-bond donors (Lipinski definition) is 2. The van der Waals surface area contributed by atoms with E-state index in [0.29, 0.717) is 0 Å². The summed E-state index contributed by atoms with van der Waals surface area (Å²) in [6.45, 7) is 0.855. The number of dihydropyridines is 2. The molecule has 0 bridgehead atoms. The molecule has 2 aliphatic rings. The number of nitrogens with one attached hydrogen (secondary N) is 2. The van der Waals surface area contributed by atoms with Crippen molar-refractivity contribution in [1.82, 2.24) is 10.6 Å². The molecule has 1 unspecified atom stereocenters. The summed E-state index contributed by atoms with van der Waals surface area (Å²) in [5.74, 6) is 0. The number of fused-ring (bicyclic) bond motifs is 3. The minimum Gasteiger partial charge on any atom is -0.381 e. The summed E-state index contributed by atoms with van der Waals surface area (Å²) >= 11 is 1.89. The fourth-order valence-corrected chi connectivity index (χ4v) is 6.82. The first-order chi connectivity index (χ1) is 19.3. The van der Waals surface area contributed by atoms with Crippen molar-refractivity contribution in [1.29, 1.82) is 0 Å². The smallest absolute Gasteiger partial charge is 0.0721 e. The molecule has 1 atom stereocenters.